The van der Waals surface area contributed by atoms with Gasteiger partial charge in [-0.2, -0.15) is 18.3 Å². The van der Waals surface area contributed by atoms with E-state index in [1.807, 2.05) is 24.3 Å². The van der Waals surface area contributed by atoms with Crippen molar-refractivity contribution in [1.29, 1.82) is 0 Å². The molecule has 1 amide bonds. The van der Waals surface area contributed by atoms with Gasteiger partial charge in [-0.25, -0.2) is 9.50 Å². The standard InChI is InChI=1S/C23H19F3N4O2S/c1-32-15-8-6-14(7-9-15)18-4-2-10-29(18)22(31)16-13-27-30-20(23(24,25)26)12-17(28-21(16)30)19-5-3-11-33-19/h3,5-9,11-13,18H,2,4,10H2,1H3/t18-/m0/s1. The maximum Gasteiger partial charge on any atom is 0.433 e. The molecule has 6 nitrogen and oxygen atoms in total. The van der Waals surface area contributed by atoms with Gasteiger partial charge in [-0.15, -0.1) is 11.3 Å². The summed E-state index contributed by atoms with van der Waals surface area (Å²) in [7, 11) is 1.58. The van der Waals surface area contributed by atoms with Crippen LogP contribution in [0.25, 0.3) is 16.2 Å². The predicted octanol–water partition coefficient (Wildman–Crippen LogP) is 5.46. The number of hydrogen-bond acceptors (Lipinski definition) is 5. The number of aromatic nitrogens is 3. The van der Waals surface area contributed by atoms with Gasteiger partial charge in [-0.3, -0.25) is 4.79 Å². The van der Waals surface area contributed by atoms with Gasteiger partial charge in [0, 0.05) is 6.54 Å². The third-order valence-electron chi connectivity index (χ3n) is 5.78. The third-order valence-corrected chi connectivity index (χ3v) is 6.67. The number of hydrogen-bond donors (Lipinski definition) is 0. The van der Waals surface area contributed by atoms with Crippen LogP contribution in [0.15, 0.2) is 54.0 Å². The number of halogens is 3. The van der Waals surface area contributed by atoms with Gasteiger partial charge < -0.3 is 9.64 Å². The number of amides is 1. The summed E-state index contributed by atoms with van der Waals surface area (Å²) < 4.78 is 47.3. The van der Waals surface area contributed by atoms with E-state index in [0.717, 1.165) is 24.5 Å². The summed E-state index contributed by atoms with van der Waals surface area (Å²) in [6.07, 6.45) is -1.91. The fourth-order valence-corrected chi connectivity index (χ4v) is 4.89. The predicted molar refractivity (Wildman–Crippen MR) is 117 cm³/mol. The number of nitrogens with zero attached hydrogens (tertiary/aromatic N) is 4. The molecule has 5 rings (SSSR count). The summed E-state index contributed by atoms with van der Waals surface area (Å²) in [6.45, 7) is 0.504. The van der Waals surface area contributed by atoms with Gasteiger partial charge in [-0.05, 0) is 48.1 Å². The summed E-state index contributed by atoms with van der Waals surface area (Å²) in [6, 6.07) is 11.7. The van der Waals surface area contributed by atoms with E-state index in [-0.39, 0.29) is 28.9 Å². The van der Waals surface area contributed by atoms with Crippen LogP contribution in [0.3, 0.4) is 0 Å². The average molecular weight is 472 g/mol. The number of rotatable bonds is 4. The first-order valence-corrected chi connectivity index (χ1v) is 11.2. The monoisotopic (exact) mass is 472 g/mol. The molecule has 0 aliphatic carbocycles. The largest absolute Gasteiger partial charge is 0.497 e. The first kappa shape index (κ1) is 21.4. The summed E-state index contributed by atoms with van der Waals surface area (Å²) >= 11 is 1.28. The van der Waals surface area contributed by atoms with Crippen LogP contribution in [0.4, 0.5) is 13.2 Å². The Morgan fingerprint density at radius 3 is 2.67 bits per heavy atom. The molecule has 0 unspecified atom stereocenters. The second-order valence-corrected chi connectivity index (χ2v) is 8.67. The van der Waals surface area contributed by atoms with Gasteiger partial charge in [0.1, 0.15) is 11.3 Å². The second-order valence-electron chi connectivity index (χ2n) is 7.73. The summed E-state index contributed by atoms with van der Waals surface area (Å²) in [5, 5.41) is 5.66. The molecule has 1 saturated heterocycles. The Labute approximate surface area is 191 Å². The van der Waals surface area contributed by atoms with Crippen molar-refractivity contribution in [2.45, 2.75) is 25.1 Å². The van der Waals surface area contributed by atoms with Crippen LogP contribution in [0.2, 0.25) is 0 Å². The second kappa shape index (κ2) is 8.18. The van der Waals surface area contributed by atoms with Crippen LogP contribution in [0.5, 0.6) is 5.75 Å². The Hall–Kier alpha value is -3.40. The minimum Gasteiger partial charge on any atom is -0.497 e. The molecule has 10 heteroatoms. The number of fused-ring (bicyclic) bond motifs is 1. The molecule has 1 aliphatic rings. The van der Waals surface area contributed by atoms with Crippen molar-refractivity contribution >= 4 is 22.9 Å². The van der Waals surface area contributed by atoms with E-state index >= 15 is 0 Å². The highest BCUT2D eigenvalue weighted by Gasteiger charge is 2.37. The molecule has 0 spiro atoms. The molecule has 3 aromatic heterocycles. The molecule has 1 fully saturated rings. The quantitative estimate of drug-likeness (QED) is 0.396. The Bertz CT molecular complexity index is 1300. The number of ether oxygens (including phenoxy) is 1. The Morgan fingerprint density at radius 2 is 2.00 bits per heavy atom. The Morgan fingerprint density at radius 1 is 1.21 bits per heavy atom. The SMILES string of the molecule is COc1ccc([C@@H]2CCCN2C(=O)c2cnn3c(C(F)(F)F)cc(-c4cccs4)nc23)cc1. The molecule has 0 radical (unpaired) electrons. The minimum atomic E-state index is -4.65. The molecule has 1 aliphatic heterocycles. The van der Waals surface area contributed by atoms with Crippen molar-refractivity contribution in [3.8, 4) is 16.3 Å². The van der Waals surface area contributed by atoms with Crippen molar-refractivity contribution in [2.24, 2.45) is 0 Å². The molecule has 0 N–H and O–H groups in total. The molecule has 4 aromatic rings. The van der Waals surface area contributed by atoms with E-state index in [9.17, 15) is 18.0 Å². The zero-order chi connectivity index (χ0) is 23.2. The highest BCUT2D eigenvalue weighted by atomic mass is 32.1. The van der Waals surface area contributed by atoms with Gasteiger partial charge in [-0.1, -0.05) is 18.2 Å². The highest BCUT2D eigenvalue weighted by Crippen LogP contribution is 2.36. The summed E-state index contributed by atoms with van der Waals surface area (Å²) in [5.74, 6) is 0.328. The molecular weight excluding hydrogens is 453 g/mol. The van der Waals surface area contributed by atoms with Crippen LogP contribution >= 0.6 is 11.3 Å². The van der Waals surface area contributed by atoms with E-state index in [1.165, 1.54) is 17.5 Å². The van der Waals surface area contributed by atoms with Gasteiger partial charge in [0.05, 0.1) is 29.9 Å². The van der Waals surface area contributed by atoms with Gasteiger partial charge in [0.2, 0.25) is 0 Å². The number of thiophene rings is 1. The Kier molecular flexibility index (Phi) is 5.32. The van der Waals surface area contributed by atoms with Gasteiger partial charge >= 0.3 is 6.18 Å². The van der Waals surface area contributed by atoms with E-state index in [0.29, 0.717) is 21.7 Å². The normalized spacial score (nSPS) is 16.5. The van der Waals surface area contributed by atoms with Crippen LogP contribution in [0, 0.1) is 0 Å². The van der Waals surface area contributed by atoms with Crippen molar-refractivity contribution in [3.05, 3.63) is 70.9 Å². The van der Waals surface area contributed by atoms with Gasteiger partial charge in [0.25, 0.3) is 5.91 Å². The lowest BCUT2D eigenvalue weighted by Gasteiger charge is -2.25. The number of likely N-dealkylation sites (tertiary alicyclic amines) is 1. The number of carbonyl (C=O) groups excluding carboxylic acids is 1. The van der Waals surface area contributed by atoms with Crippen molar-refractivity contribution in [1.82, 2.24) is 19.5 Å². The zero-order valence-corrected chi connectivity index (χ0v) is 18.4. The number of carbonyl (C=O) groups is 1. The molecule has 33 heavy (non-hydrogen) atoms. The minimum absolute atomic E-state index is 0.0549. The number of benzene rings is 1. The fourth-order valence-electron chi connectivity index (χ4n) is 4.20. The van der Waals surface area contributed by atoms with Crippen LogP contribution in [-0.4, -0.2) is 39.1 Å². The number of methoxy groups -OCH3 is 1. The van der Waals surface area contributed by atoms with E-state index in [2.05, 4.69) is 10.1 Å². The van der Waals surface area contributed by atoms with E-state index < -0.39 is 11.9 Å². The molecular formula is C23H19F3N4O2S. The van der Waals surface area contributed by atoms with Gasteiger partial charge in [0.15, 0.2) is 11.3 Å². The molecule has 4 heterocycles. The first-order valence-electron chi connectivity index (χ1n) is 10.3. The van der Waals surface area contributed by atoms with E-state index in [4.69, 9.17) is 4.74 Å². The lowest BCUT2D eigenvalue weighted by Crippen LogP contribution is -2.30. The molecule has 0 bridgehead atoms. The average Bonchev–Trinajstić information content (AvgIpc) is 3.58. The van der Waals surface area contributed by atoms with E-state index in [1.54, 1.807) is 29.5 Å². The smallest absolute Gasteiger partial charge is 0.433 e. The highest BCUT2D eigenvalue weighted by molar-refractivity contribution is 7.13. The third kappa shape index (κ3) is 3.84. The number of alkyl halides is 3. The van der Waals surface area contributed by atoms with Crippen LogP contribution < -0.4 is 4.74 Å². The molecule has 1 atom stereocenters. The topological polar surface area (TPSA) is 59.7 Å². The van der Waals surface area contributed by atoms with Crippen LogP contribution in [0.1, 0.15) is 40.5 Å². The maximum atomic E-state index is 13.8. The van der Waals surface area contributed by atoms with Crippen LogP contribution in [-0.2, 0) is 6.18 Å². The molecule has 0 saturated carbocycles. The van der Waals surface area contributed by atoms with Crippen molar-refractivity contribution in [3.63, 3.8) is 0 Å². The lowest BCUT2D eigenvalue weighted by molar-refractivity contribution is -0.142. The Balaban J connectivity index is 1.57. The van der Waals surface area contributed by atoms with Crippen molar-refractivity contribution in [2.75, 3.05) is 13.7 Å². The maximum absolute atomic E-state index is 13.8. The molecule has 170 valence electrons. The fraction of sp³-hybridized carbons (Fsp3) is 0.261. The zero-order valence-electron chi connectivity index (χ0n) is 17.5. The summed E-state index contributed by atoms with van der Waals surface area (Å²) in [4.78, 5) is 20.2. The first-order chi connectivity index (χ1) is 15.9. The molecule has 1 aromatic carbocycles. The lowest BCUT2D eigenvalue weighted by atomic mass is 10.0. The summed E-state index contributed by atoms with van der Waals surface area (Å²) in [5.41, 5.74) is 0.0924. The van der Waals surface area contributed by atoms with Crippen molar-refractivity contribution < 1.29 is 22.7 Å².